The zero-order valence-electron chi connectivity index (χ0n) is 19.4. The number of carbonyl (C=O) groups is 3. The minimum absolute atomic E-state index is 0.203. The summed E-state index contributed by atoms with van der Waals surface area (Å²) < 4.78 is 20.7. The van der Waals surface area contributed by atoms with Crippen molar-refractivity contribution < 1.29 is 33.3 Å². The van der Waals surface area contributed by atoms with Crippen molar-refractivity contribution in [2.45, 2.75) is 27.2 Å². The first-order valence-corrected chi connectivity index (χ1v) is 10.2. The number of hydrogen-bond donors (Lipinski definition) is 1. The summed E-state index contributed by atoms with van der Waals surface area (Å²) in [6.07, 6.45) is 0.593. The Morgan fingerprint density at radius 2 is 1.69 bits per heavy atom. The smallest absolute Gasteiger partial charge is 0.355 e. The van der Waals surface area contributed by atoms with Crippen LogP contribution in [0, 0.1) is 13.8 Å². The number of aromatic nitrogens is 1. The molecule has 2 rings (SSSR count). The Bertz CT molecular complexity index is 981. The van der Waals surface area contributed by atoms with Crippen LogP contribution in [0.4, 0.5) is 0 Å². The van der Waals surface area contributed by atoms with Crippen LogP contribution in [0.5, 0.6) is 11.5 Å². The maximum atomic E-state index is 12.5. The van der Waals surface area contributed by atoms with E-state index in [1.807, 2.05) is 18.2 Å². The second kappa shape index (κ2) is 11.2. The fourth-order valence-corrected chi connectivity index (χ4v) is 3.23. The van der Waals surface area contributed by atoms with Gasteiger partial charge in [0.2, 0.25) is 0 Å². The van der Waals surface area contributed by atoms with E-state index in [2.05, 4.69) is 4.98 Å². The molecule has 0 saturated carbocycles. The van der Waals surface area contributed by atoms with Crippen LogP contribution in [0.15, 0.2) is 18.2 Å². The van der Waals surface area contributed by atoms with Crippen LogP contribution in [-0.2, 0) is 20.7 Å². The second-order valence-corrected chi connectivity index (χ2v) is 7.18. The maximum Gasteiger partial charge on any atom is 0.355 e. The number of nitrogens with one attached hydrogen (secondary N) is 1. The van der Waals surface area contributed by atoms with Gasteiger partial charge in [0.05, 0.1) is 26.4 Å². The van der Waals surface area contributed by atoms with Gasteiger partial charge in [0.15, 0.2) is 18.1 Å². The number of likely N-dealkylation sites (N-methyl/N-ethyl adjacent to an activating group) is 1. The first-order chi connectivity index (χ1) is 15.2. The molecular formula is C23H30N2O7. The third kappa shape index (κ3) is 5.81. The topological polar surface area (TPSA) is 107 Å². The lowest BCUT2D eigenvalue weighted by Crippen LogP contribution is -2.33. The van der Waals surface area contributed by atoms with Gasteiger partial charge in [0, 0.05) is 19.3 Å². The van der Waals surface area contributed by atoms with Gasteiger partial charge < -0.3 is 28.8 Å². The molecule has 9 nitrogen and oxygen atoms in total. The summed E-state index contributed by atoms with van der Waals surface area (Å²) >= 11 is 0. The molecule has 9 heteroatoms. The minimum Gasteiger partial charge on any atom is -0.493 e. The van der Waals surface area contributed by atoms with E-state index in [9.17, 15) is 14.4 Å². The van der Waals surface area contributed by atoms with Gasteiger partial charge in [-0.3, -0.25) is 4.79 Å². The average molecular weight is 447 g/mol. The van der Waals surface area contributed by atoms with Gasteiger partial charge >= 0.3 is 11.9 Å². The van der Waals surface area contributed by atoms with Gasteiger partial charge in [-0.25, -0.2) is 9.59 Å². The summed E-state index contributed by atoms with van der Waals surface area (Å²) in [6.45, 7) is 5.24. The molecule has 2 aromatic rings. The molecule has 0 unspecified atom stereocenters. The molecule has 0 radical (unpaired) electrons. The van der Waals surface area contributed by atoms with Gasteiger partial charge in [0.25, 0.3) is 5.91 Å². The van der Waals surface area contributed by atoms with Crippen LogP contribution in [0.1, 0.15) is 44.6 Å². The highest BCUT2D eigenvalue weighted by Crippen LogP contribution is 2.27. The van der Waals surface area contributed by atoms with E-state index in [0.717, 1.165) is 5.56 Å². The highest BCUT2D eigenvalue weighted by Gasteiger charge is 2.24. The summed E-state index contributed by atoms with van der Waals surface area (Å²) in [4.78, 5) is 41.3. The van der Waals surface area contributed by atoms with Gasteiger partial charge in [-0.15, -0.1) is 0 Å². The maximum absolute atomic E-state index is 12.5. The van der Waals surface area contributed by atoms with Crippen molar-refractivity contribution >= 4 is 17.8 Å². The molecule has 0 aliphatic rings. The monoisotopic (exact) mass is 446 g/mol. The summed E-state index contributed by atoms with van der Waals surface area (Å²) in [6, 6.07) is 5.57. The molecule has 1 aromatic heterocycles. The number of nitrogens with zero attached hydrogens (tertiary/aromatic N) is 1. The number of esters is 2. The number of H-pyrrole nitrogens is 1. The second-order valence-electron chi connectivity index (χ2n) is 7.18. The van der Waals surface area contributed by atoms with Crippen LogP contribution >= 0.6 is 0 Å². The fourth-order valence-electron chi connectivity index (χ4n) is 3.23. The molecule has 174 valence electrons. The zero-order valence-corrected chi connectivity index (χ0v) is 19.4. The zero-order chi connectivity index (χ0) is 23.8. The van der Waals surface area contributed by atoms with Crippen molar-refractivity contribution in [1.82, 2.24) is 9.88 Å². The number of benzene rings is 1. The average Bonchev–Trinajstić information content (AvgIpc) is 3.09. The molecule has 1 aromatic carbocycles. The lowest BCUT2D eigenvalue weighted by atomic mass is 10.1. The molecule has 1 amide bonds. The van der Waals surface area contributed by atoms with Gasteiger partial charge in [-0.1, -0.05) is 6.07 Å². The van der Waals surface area contributed by atoms with E-state index in [1.165, 1.54) is 4.90 Å². The van der Waals surface area contributed by atoms with Gasteiger partial charge in [-0.2, -0.15) is 0 Å². The molecular weight excluding hydrogens is 416 g/mol. The van der Waals surface area contributed by atoms with Crippen LogP contribution in [0.25, 0.3) is 0 Å². The Balaban J connectivity index is 1.93. The van der Waals surface area contributed by atoms with Crippen LogP contribution in [0.2, 0.25) is 0 Å². The highest BCUT2D eigenvalue weighted by molar-refractivity contribution is 5.99. The minimum atomic E-state index is -0.673. The molecule has 32 heavy (non-hydrogen) atoms. The molecule has 0 aliphatic carbocycles. The summed E-state index contributed by atoms with van der Waals surface area (Å²) in [5.74, 6) is -0.303. The van der Waals surface area contributed by atoms with E-state index in [0.29, 0.717) is 35.7 Å². The summed E-state index contributed by atoms with van der Waals surface area (Å²) in [5, 5.41) is 0. The Labute approximate surface area is 187 Å². The number of aryl methyl sites for hydroxylation is 1. The lowest BCUT2D eigenvalue weighted by molar-refractivity contribution is -0.133. The van der Waals surface area contributed by atoms with E-state index in [4.69, 9.17) is 18.9 Å². The largest absolute Gasteiger partial charge is 0.493 e. The first-order valence-electron chi connectivity index (χ1n) is 10.2. The summed E-state index contributed by atoms with van der Waals surface area (Å²) in [7, 11) is 4.78. The normalized spacial score (nSPS) is 10.4. The van der Waals surface area contributed by atoms with Crippen molar-refractivity contribution in [3.05, 3.63) is 46.3 Å². The van der Waals surface area contributed by atoms with Gasteiger partial charge in [-0.05, 0) is 50.5 Å². The summed E-state index contributed by atoms with van der Waals surface area (Å²) in [5.41, 5.74) is 2.32. The SMILES string of the molecule is CCOC(=O)c1[nH]c(C)c(C(=O)OCC(=O)N(C)CCc2ccc(OC)c(OC)c2)c1C. The van der Waals surface area contributed by atoms with Crippen LogP contribution < -0.4 is 9.47 Å². The Morgan fingerprint density at radius 3 is 2.31 bits per heavy atom. The molecule has 1 heterocycles. The van der Waals surface area contributed by atoms with Gasteiger partial charge in [0.1, 0.15) is 5.69 Å². The molecule has 0 aliphatic heterocycles. The lowest BCUT2D eigenvalue weighted by Gasteiger charge is -2.17. The molecule has 0 spiro atoms. The number of ether oxygens (including phenoxy) is 4. The third-order valence-corrected chi connectivity index (χ3v) is 5.06. The van der Waals surface area contributed by atoms with Crippen molar-refractivity contribution in [2.24, 2.45) is 0 Å². The Hall–Kier alpha value is -3.49. The predicted octanol–water partition coefficient (Wildman–Crippen LogP) is 2.68. The van der Waals surface area contributed by atoms with E-state index >= 15 is 0 Å². The molecule has 0 saturated heterocycles. The standard InChI is InChI=1S/C23H30N2O7/c1-7-31-23(28)21-14(2)20(15(3)24-21)22(27)32-13-19(26)25(4)11-10-16-8-9-17(29-5)18(12-16)30-6/h8-9,12,24H,7,10-11,13H2,1-6H3. The quantitative estimate of drug-likeness (QED) is 0.559. The van der Waals surface area contributed by atoms with Crippen molar-refractivity contribution in [3.63, 3.8) is 0 Å². The number of rotatable bonds is 10. The number of amides is 1. The van der Waals surface area contributed by atoms with Crippen LogP contribution in [0.3, 0.4) is 0 Å². The van der Waals surface area contributed by atoms with E-state index in [-0.39, 0.29) is 23.8 Å². The third-order valence-electron chi connectivity index (χ3n) is 5.06. The first kappa shape index (κ1) is 24.8. The van der Waals surface area contributed by atoms with E-state index < -0.39 is 18.5 Å². The number of methoxy groups -OCH3 is 2. The Kier molecular flexibility index (Phi) is 8.69. The number of aromatic amines is 1. The fraction of sp³-hybridized carbons (Fsp3) is 0.435. The van der Waals surface area contributed by atoms with Crippen molar-refractivity contribution in [3.8, 4) is 11.5 Å². The molecule has 0 atom stereocenters. The highest BCUT2D eigenvalue weighted by atomic mass is 16.5. The van der Waals surface area contributed by atoms with Crippen molar-refractivity contribution in [1.29, 1.82) is 0 Å². The van der Waals surface area contributed by atoms with Crippen molar-refractivity contribution in [2.75, 3.05) is 41.0 Å². The van der Waals surface area contributed by atoms with E-state index in [1.54, 1.807) is 42.0 Å². The molecule has 0 fully saturated rings. The molecule has 0 bridgehead atoms. The van der Waals surface area contributed by atoms with Crippen LogP contribution in [-0.4, -0.2) is 68.8 Å². The number of hydrogen-bond acceptors (Lipinski definition) is 7. The number of carbonyl (C=O) groups excluding carboxylic acids is 3. The predicted molar refractivity (Wildman–Crippen MR) is 117 cm³/mol. The Morgan fingerprint density at radius 1 is 1.00 bits per heavy atom. The molecule has 1 N–H and O–H groups in total.